The Balaban J connectivity index is 1.97. The Morgan fingerprint density at radius 3 is 0.824 bits per heavy atom. The number of unbranched alkanes of at least 4 members (excludes halogenated alkanes) is 10. The van der Waals surface area contributed by atoms with E-state index >= 15 is 0 Å². The number of carbonyl (C=O) groups is 1. The van der Waals surface area contributed by atoms with E-state index in [4.69, 9.17) is 43.4 Å². The van der Waals surface area contributed by atoms with Crippen LogP contribution in [0.5, 0.6) is 0 Å². The van der Waals surface area contributed by atoms with E-state index in [-0.39, 0.29) is 44.6 Å². The highest BCUT2D eigenvalue weighted by molar-refractivity contribution is 7.83. The maximum atomic E-state index is 12.8. The Morgan fingerprint density at radius 2 is 0.529 bits per heavy atom. The van der Waals surface area contributed by atoms with Crippen molar-refractivity contribution in [3.8, 4) is 0 Å². The highest BCUT2D eigenvalue weighted by Crippen LogP contribution is 2.42. The average molecular weight is 2000 g/mol. The van der Waals surface area contributed by atoms with Crippen molar-refractivity contribution in [3.63, 3.8) is 0 Å². The van der Waals surface area contributed by atoms with Crippen molar-refractivity contribution in [1.82, 2.24) is 5.32 Å². The number of hydrogen-bond acceptors (Lipinski definition) is 62. The molecule has 0 aromatic rings. The fourth-order valence-corrected chi connectivity index (χ4v) is 16.5. The fraction of sp³-hybridized carbons (Fsp3) is 0.976. The van der Waals surface area contributed by atoms with Crippen LogP contribution in [0.15, 0.2) is 5.11 Å². The summed E-state index contributed by atoms with van der Waals surface area (Å²) in [5.74, 6) is -0.345. The van der Waals surface area contributed by atoms with Crippen LogP contribution in [0.4, 0.5) is 0 Å². The van der Waals surface area contributed by atoms with Crippen molar-refractivity contribution in [1.29, 1.82) is 0 Å². The summed E-state index contributed by atoms with van der Waals surface area (Å²) < 4.78 is 575. The standard InChI is InChI=1S/C41H74N4O61S13/c42-45-44-15-11-6-4-2-1-3-5-9-13-25(46)43-14-10-7-8-12-16-86-38-34(103-116(74,75)76)30(99-112(62,63)64)26(21(91-38)17-87-107(47,48)49)95-39-35(104-117(77,78)79)31(100-113(65,66)67)27(22(92-39)18-88-108(50,51)52)96-40-36(105-118(80,81)82)32(101-114(68,69)70)28(23(93-40)19-89-109(53,54)55)97-41-37(106-119(83,84)85)33(102-115(71,72)73)29(98-111(59,60)61)24(94-41)20-90-110(56,57)58/h21-24,26-41H,1-20H2,(H,43,46)(H,47,48,49)(H,50,51,52)(H,53,54,55)(H,56,57,58)(H,59,60,61)(H,62,63,64)(H,65,66,67)(H,68,69,70)(H,71,72,73)(H,74,75,76)(H,77,78,79)(H,80,81,82)(H,83,84,85)/p-13/t21-,22-,23-,24-,26-,27-,28-,29-,30+,31+,32+,33+,34-,35-,36-,37-,38-,39-,40-,41-/m1/s1. The van der Waals surface area contributed by atoms with Crippen molar-refractivity contribution in [2.24, 2.45) is 5.11 Å². The Hall–Kier alpha value is -3.23. The maximum Gasteiger partial charge on any atom is 0.219 e. The van der Waals surface area contributed by atoms with E-state index in [0.29, 0.717) is 19.4 Å². The Bertz CT molecular complexity index is 4980. The summed E-state index contributed by atoms with van der Waals surface area (Å²) in [7, 11) is -88.0. The lowest BCUT2D eigenvalue weighted by Crippen LogP contribution is -2.69. The van der Waals surface area contributed by atoms with Gasteiger partial charge in [-0.05, 0) is 31.2 Å². The average Bonchev–Trinajstić information content (AvgIpc) is 0.752. The summed E-state index contributed by atoms with van der Waals surface area (Å²) in [6.07, 6.45) is -68.2. The van der Waals surface area contributed by atoms with E-state index in [1.807, 2.05) is 0 Å². The Labute approximate surface area is 675 Å². The molecule has 0 aromatic carbocycles. The first-order chi connectivity index (χ1) is 54.0. The summed E-state index contributed by atoms with van der Waals surface area (Å²) in [6, 6.07) is 0. The number of nitrogens with one attached hydrogen (secondary N) is 1. The van der Waals surface area contributed by atoms with Crippen LogP contribution in [-0.4, -0.2) is 343 Å². The molecule has 4 fully saturated rings. The van der Waals surface area contributed by atoms with Crippen molar-refractivity contribution in [2.45, 2.75) is 206 Å². The van der Waals surface area contributed by atoms with Gasteiger partial charge in [-0.3, -0.25) is 59.2 Å². The summed E-state index contributed by atoms with van der Waals surface area (Å²) >= 11 is 0. The first-order valence-corrected chi connectivity index (χ1v) is 48.9. The van der Waals surface area contributed by atoms with Crippen LogP contribution in [0.2, 0.25) is 0 Å². The van der Waals surface area contributed by atoms with Gasteiger partial charge in [0, 0.05) is 31.0 Å². The molecular formula is C41H61N4O61S13-13. The zero-order valence-electron chi connectivity index (χ0n) is 58.2. The predicted molar refractivity (Wildman–Crippen MR) is 336 cm³/mol. The molecule has 20 atom stereocenters. The van der Waals surface area contributed by atoms with E-state index in [1.165, 1.54) is 0 Å². The van der Waals surface area contributed by atoms with Crippen LogP contribution < -0.4 is 5.32 Å². The molecule has 4 aliphatic rings. The molecule has 0 spiro atoms. The predicted octanol–water partition coefficient (Wildman–Crippen LogP) is -10.9. The third-order valence-electron chi connectivity index (χ3n) is 15.0. The third-order valence-corrected chi connectivity index (χ3v) is 20.8. The van der Waals surface area contributed by atoms with E-state index in [2.05, 4.69) is 69.7 Å². The molecule has 119 heavy (non-hydrogen) atoms. The molecule has 78 heteroatoms. The van der Waals surface area contributed by atoms with Crippen molar-refractivity contribution < 1.29 is 266 Å². The molecule has 702 valence electrons. The lowest BCUT2D eigenvalue weighted by molar-refractivity contribution is -0.379. The van der Waals surface area contributed by atoms with E-state index < -0.39 is 291 Å². The lowest BCUT2D eigenvalue weighted by Gasteiger charge is -2.52. The topological polar surface area (TPSA) is 1020 Å². The summed E-state index contributed by atoms with van der Waals surface area (Å²) in [5, 5.41) is 6.09. The van der Waals surface area contributed by atoms with Crippen LogP contribution in [0.1, 0.15) is 83.5 Å². The molecule has 4 heterocycles. The van der Waals surface area contributed by atoms with Crippen LogP contribution in [0.25, 0.3) is 10.4 Å². The molecule has 0 aromatic heterocycles. The molecule has 0 saturated carbocycles. The molecule has 1 amide bonds. The summed E-state index contributed by atoms with van der Waals surface area (Å²) in [5.41, 5.74) is 8.34. The van der Waals surface area contributed by atoms with Gasteiger partial charge in [-0.25, -0.2) is 109 Å². The largest absolute Gasteiger partial charge is 0.726 e. The molecule has 4 rings (SSSR count). The van der Waals surface area contributed by atoms with E-state index in [9.17, 15) is 173 Å². The van der Waals surface area contributed by atoms with Crippen LogP contribution in [-0.2, 0) is 232 Å². The summed E-state index contributed by atoms with van der Waals surface area (Å²) in [6.45, 7) is -10.0. The smallest absolute Gasteiger partial charge is 0.219 e. The monoisotopic (exact) mass is 2000 g/mol. The molecule has 0 bridgehead atoms. The minimum absolute atomic E-state index is 0.0215. The zero-order valence-corrected chi connectivity index (χ0v) is 68.9. The van der Waals surface area contributed by atoms with Gasteiger partial charge in [-0.1, -0.05) is 56.5 Å². The second kappa shape index (κ2) is 45.0. The van der Waals surface area contributed by atoms with E-state index in [0.717, 1.165) is 38.5 Å². The molecule has 4 saturated heterocycles. The number of azide groups is 1. The lowest BCUT2D eigenvalue weighted by atomic mass is 9.95. The number of amides is 1. The minimum atomic E-state index is -7.14. The number of nitrogens with zero attached hydrogens (tertiary/aromatic N) is 3. The fourth-order valence-electron chi connectivity index (χ4n) is 10.9. The van der Waals surface area contributed by atoms with Gasteiger partial charge in [0.2, 0.25) is 141 Å². The number of carbonyl (C=O) groups excluding carboxylic acids is 1. The van der Waals surface area contributed by atoms with Gasteiger partial charge in [0.05, 0.1) is 26.4 Å². The normalized spacial score (nSPS) is 29.1. The van der Waals surface area contributed by atoms with Crippen LogP contribution in [0.3, 0.4) is 0 Å². The summed E-state index contributed by atoms with van der Waals surface area (Å²) in [4.78, 5) is 15.1. The Kier molecular flexibility index (Phi) is 40.8. The quantitative estimate of drug-likeness (QED) is 0.0148. The zero-order chi connectivity index (χ0) is 90.7. The van der Waals surface area contributed by atoms with E-state index in [1.54, 1.807) is 0 Å². The van der Waals surface area contributed by atoms with Gasteiger partial charge < -0.3 is 102 Å². The molecule has 0 aliphatic carbocycles. The highest BCUT2D eigenvalue weighted by Gasteiger charge is 2.61. The molecule has 65 nitrogen and oxygen atoms in total. The number of ether oxygens (including phenoxy) is 8. The van der Waals surface area contributed by atoms with Crippen molar-refractivity contribution in [2.75, 3.05) is 46.1 Å². The maximum absolute atomic E-state index is 12.8. The van der Waals surface area contributed by atoms with Crippen LogP contribution in [0, 0.1) is 0 Å². The molecule has 0 unspecified atom stereocenters. The Morgan fingerprint density at radius 1 is 0.294 bits per heavy atom. The SMILES string of the molecule is [N-]=[N+]=NCCCCCCCCCCC(=O)NCCCCCCO[C@@H]1O[C@H](COS(=O)(=O)[O-])[C@@H](O[C@H]2O[C@H](COS(=O)(=O)[O-])[C@@H](O[C@H]3O[C@H](COS(=O)(=O)[O-])[C@@H](O[C@H]4O[C@H](COS(=O)(=O)[O-])[C@@H](OS(=O)(=O)[O-])[C@H](OS(=O)(=O)[O-])[C@H]4OS(=O)(=O)[O-])[C@H](OS(=O)(=O)[O-])[C@H]3OS(=O)(=O)[O-])[C@H](OS(=O)(=O)[O-])[C@H]2OS(=O)(=O)[O-])[C@H](OS(=O)(=O)[O-])[C@H]1OS(=O)(=O)[O-]. The van der Waals surface area contributed by atoms with Crippen molar-refractivity contribution in [3.05, 3.63) is 10.4 Å². The second-order valence-electron chi connectivity index (χ2n) is 23.6. The minimum Gasteiger partial charge on any atom is -0.726 e. The van der Waals surface area contributed by atoms with Gasteiger partial charge in [-0.2, -0.15) is 0 Å². The number of hydrogen-bond donors (Lipinski definition) is 1. The second-order valence-corrected chi connectivity index (χ2v) is 36.9. The van der Waals surface area contributed by atoms with Gasteiger partial charge >= 0.3 is 0 Å². The number of rotatable bonds is 55. The van der Waals surface area contributed by atoms with Gasteiger partial charge in [0.15, 0.2) is 49.6 Å². The van der Waals surface area contributed by atoms with Gasteiger partial charge in [0.25, 0.3) is 0 Å². The first-order valence-electron chi connectivity index (χ1n) is 31.6. The van der Waals surface area contributed by atoms with Gasteiger partial charge in [-0.15, -0.1) is 0 Å². The van der Waals surface area contributed by atoms with Crippen molar-refractivity contribution >= 4 is 141 Å². The van der Waals surface area contributed by atoms with Crippen LogP contribution >= 0.6 is 0 Å². The third kappa shape index (κ3) is 44.2. The molecule has 0 radical (unpaired) electrons. The van der Waals surface area contributed by atoms with Gasteiger partial charge in [0.1, 0.15) is 73.2 Å². The highest BCUT2D eigenvalue weighted by atomic mass is 32.3. The molecule has 1 N–H and O–H groups in total. The molecule has 4 aliphatic heterocycles. The first kappa shape index (κ1) is 108. The molecular weight excluding hydrogens is 1940 g/mol.